The standard InChI is InChI=1S/C26H30N4OS/c1-29(2)21-12-10-19(11-13-21)24-27-25-22(18-20-8-4-5-9-23(20)31-25)26(28-24)32-17-16-30-14-6-3-7-15-30/h4-5,8-13H,3,6-7,14-18H2,1-2H3. The summed E-state index contributed by atoms with van der Waals surface area (Å²) in [5, 5.41) is 1.05. The lowest BCUT2D eigenvalue weighted by Crippen LogP contribution is -2.31. The molecule has 2 aliphatic rings. The summed E-state index contributed by atoms with van der Waals surface area (Å²) in [5.41, 5.74) is 4.48. The highest BCUT2D eigenvalue weighted by Gasteiger charge is 2.24. The van der Waals surface area contributed by atoms with Gasteiger partial charge in [-0.1, -0.05) is 24.6 Å². The molecule has 1 fully saturated rings. The molecule has 0 bridgehead atoms. The number of hydrogen-bond donors (Lipinski definition) is 0. The van der Waals surface area contributed by atoms with Crippen molar-refractivity contribution in [2.75, 3.05) is 44.4 Å². The third-order valence-electron chi connectivity index (χ3n) is 6.21. The number of benzene rings is 2. The summed E-state index contributed by atoms with van der Waals surface area (Å²) in [6.07, 6.45) is 4.84. The number of piperidine rings is 1. The van der Waals surface area contributed by atoms with Crippen molar-refractivity contribution in [1.82, 2.24) is 14.9 Å². The Labute approximate surface area is 194 Å². The van der Waals surface area contributed by atoms with Crippen LogP contribution in [0.2, 0.25) is 0 Å². The van der Waals surface area contributed by atoms with E-state index < -0.39 is 0 Å². The van der Waals surface area contributed by atoms with E-state index in [1.807, 2.05) is 38.0 Å². The number of fused-ring (bicyclic) bond motifs is 2. The molecular weight excluding hydrogens is 416 g/mol. The third-order valence-corrected chi connectivity index (χ3v) is 7.21. The second-order valence-corrected chi connectivity index (χ2v) is 9.80. The Balaban J connectivity index is 1.44. The first-order valence-electron chi connectivity index (χ1n) is 11.5. The molecule has 0 unspecified atom stereocenters. The fraction of sp³-hybridized carbons (Fsp3) is 0.385. The number of thioether (sulfide) groups is 1. The highest BCUT2D eigenvalue weighted by atomic mass is 32.2. The monoisotopic (exact) mass is 446 g/mol. The molecule has 0 radical (unpaired) electrons. The van der Waals surface area contributed by atoms with Gasteiger partial charge in [-0.05, 0) is 61.8 Å². The van der Waals surface area contributed by atoms with E-state index in [1.54, 1.807) is 0 Å². The van der Waals surface area contributed by atoms with Crippen molar-refractivity contribution in [3.8, 4) is 23.0 Å². The number of ether oxygens (including phenoxy) is 1. The largest absolute Gasteiger partial charge is 0.438 e. The van der Waals surface area contributed by atoms with E-state index >= 15 is 0 Å². The molecule has 0 amide bonds. The number of para-hydroxylation sites is 1. The molecule has 0 saturated carbocycles. The van der Waals surface area contributed by atoms with Gasteiger partial charge in [0.2, 0.25) is 5.88 Å². The highest BCUT2D eigenvalue weighted by Crippen LogP contribution is 2.40. The van der Waals surface area contributed by atoms with Crippen LogP contribution in [-0.4, -0.2) is 54.4 Å². The predicted molar refractivity (Wildman–Crippen MR) is 132 cm³/mol. The Hall–Kier alpha value is -2.57. The molecule has 3 aromatic rings. The minimum atomic E-state index is 0.700. The van der Waals surface area contributed by atoms with Gasteiger partial charge in [-0.25, -0.2) is 4.98 Å². The summed E-state index contributed by atoms with van der Waals surface area (Å²) in [4.78, 5) is 14.5. The fourth-order valence-corrected chi connectivity index (χ4v) is 5.36. The first-order valence-corrected chi connectivity index (χ1v) is 12.5. The number of hydrogen-bond acceptors (Lipinski definition) is 6. The number of rotatable bonds is 6. The van der Waals surface area contributed by atoms with Crippen LogP contribution in [0.3, 0.4) is 0 Å². The van der Waals surface area contributed by atoms with Gasteiger partial charge in [-0.3, -0.25) is 0 Å². The summed E-state index contributed by atoms with van der Waals surface area (Å²) in [5.74, 6) is 3.36. The lowest BCUT2D eigenvalue weighted by Gasteiger charge is -2.26. The molecule has 32 heavy (non-hydrogen) atoms. The Morgan fingerprint density at radius 3 is 2.53 bits per heavy atom. The minimum absolute atomic E-state index is 0.700. The molecule has 5 rings (SSSR count). The fourth-order valence-electron chi connectivity index (χ4n) is 4.34. The Morgan fingerprint density at radius 1 is 0.969 bits per heavy atom. The van der Waals surface area contributed by atoms with Crippen LogP contribution >= 0.6 is 11.8 Å². The second-order valence-electron chi connectivity index (χ2n) is 8.71. The van der Waals surface area contributed by atoms with Gasteiger partial charge < -0.3 is 14.5 Å². The van der Waals surface area contributed by atoms with Crippen LogP contribution in [0, 0.1) is 0 Å². The lowest BCUT2D eigenvalue weighted by atomic mass is 10.0. The van der Waals surface area contributed by atoms with E-state index in [0.717, 1.165) is 52.1 Å². The van der Waals surface area contributed by atoms with Crippen molar-refractivity contribution >= 4 is 17.4 Å². The summed E-state index contributed by atoms with van der Waals surface area (Å²) in [7, 11) is 4.10. The minimum Gasteiger partial charge on any atom is -0.438 e. The molecule has 1 saturated heterocycles. The van der Waals surface area contributed by atoms with Crippen molar-refractivity contribution in [2.24, 2.45) is 0 Å². The molecule has 0 N–H and O–H groups in total. The Bertz CT molecular complexity index is 1080. The van der Waals surface area contributed by atoms with E-state index in [0.29, 0.717) is 5.88 Å². The van der Waals surface area contributed by atoms with Crippen LogP contribution in [-0.2, 0) is 6.42 Å². The van der Waals surface area contributed by atoms with E-state index in [2.05, 4.69) is 46.2 Å². The molecular formula is C26H30N4OS. The molecule has 2 aliphatic heterocycles. The molecule has 166 valence electrons. The van der Waals surface area contributed by atoms with Crippen LogP contribution in [0.25, 0.3) is 11.4 Å². The topological polar surface area (TPSA) is 41.5 Å². The smallest absolute Gasteiger partial charge is 0.227 e. The van der Waals surface area contributed by atoms with Crippen LogP contribution in [0.15, 0.2) is 53.6 Å². The van der Waals surface area contributed by atoms with Crippen molar-refractivity contribution < 1.29 is 4.74 Å². The summed E-state index contributed by atoms with van der Waals surface area (Å²) < 4.78 is 6.26. The van der Waals surface area contributed by atoms with Gasteiger partial charge in [0.05, 0.1) is 5.56 Å². The molecule has 1 aromatic heterocycles. The van der Waals surface area contributed by atoms with Crippen LogP contribution in [0.5, 0.6) is 11.6 Å². The highest BCUT2D eigenvalue weighted by molar-refractivity contribution is 7.99. The molecule has 3 heterocycles. The third kappa shape index (κ3) is 4.62. The maximum Gasteiger partial charge on any atom is 0.227 e. The van der Waals surface area contributed by atoms with Gasteiger partial charge in [0.15, 0.2) is 5.82 Å². The van der Waals surface area contributed by atoms with Gasteiger partial charge in [0.1, 0.15) is 10.8 Å². The second kappa shape index (κ2) is 9.51. The van der Waals surface area contributed by atoms with Crippen LogP contribution < -0.4 is 9.64 Å². The summed E-state index contributed by atoms with van der Waals surface area (Å²) >= 11 is 1.84. The van der Waals surface area contributed by atoms with Crippen LogP contribution in [0.4, 0.5) is 5.69 Å². The molecule has 2 aromatic carbocycles. The van der Waals surface area contributed by atoms with Crippen molar-refractivity contribution in [2.45, 2.75) is 30.7 Å². The average Bonchev–Trinajstić information content (AvgIpc) is 2.83. The molecule has 6 heteroatoms. The number of anilines is 1. The first kappa shape index (κ1) is 21.3. The van der Waals surface area contributed by atoms with E-state index in [-0.39, 0.29) is 0 Å². The van der Waals surface area contributed by atoms with E-state index in [4.69, 9.17) is 14.7 Å². The lowest BCUT2D eigenvalue weighted by molar-refractivity contribution is 0.242. The van der Waals surface area contributed by atoms with Gasteiger partial charge in [0, 0.05) is 44.1 Å². The predicted octanol–water partition coefficient (Wildman–Crippen LogP) is 5.48. The molecule has 0 aliphatic carbocycles. The van der Waals surface area contributed by atoms with Crippen molar-refractivity contribution in [3.63, 3.8) is 0 Å². The first-order chi connectivity index (χ1) is 15.7. The maximum atomic E-state index is 6.26. The van der Waals surface area contributed by atoms with Crippen LogP contribution in [0.1, 0.15) is 30.4 Å². The molecule has 5 nitrogen and oxygen atoms in total. The quantitative estimate of drug-likeness (QED) is 0.288. The number of nitrogens with zero attached hydrogens (tertiary/aromatic N) is 4. The Morgan fingerprint density at radius 2 is 1.75 bits per heavy atom. The van der Waals surface area contributed by atoms with Gasteiger partial charge in [0.25, 0.3) is 0 Å². The zero-order chi connectivity index (χ0) is 21.9. The summed E-state index contributed by atoms with van der Waals surface area (Å²) in [6.45, 7) is 3.55. The Kier molecular flexibility index (Phi) is 6.32. The zero-order valence-corrected chi connectivity index (χ0v) is 19.7. The van der Waals surface area contributed by atoms with Gasteiger partial charge in [-0.15, -0.1) is 11.8 Å². The van der Waals surface area contributed by atoms with Gasteiger partial charge in [-0.2, -0.15) is 4.98 Å². The van der Waals surface area contributed by atoms with Gasteiger partial charge >= 0.3 is 0 Å². The summed E-state index contributed by atoms with van der Waals surface area (Å²) in [6, 6.07) is 16.6. The number of likely N-dealkylation sites (tertiary alicyclic amines) is 1. The molecule has 0 spiro atoms. The SMILES string of the molecule is CN(C)c1ccc(-c2nc3c(c(SCCN4CCCCC4)n2)Cc2ccccc2O3)cc1. The van der Waals surface area contributed by atoms with Crippen molar-refractivity contribution in [1.29, 1.82) is 0 Å². The number of aromatic nitrogens is 2. The van der Waals surface area contributed by atoms with E-state index in [9.17, 15) is 0 Å². The van der Waals surface area contributed by atoms with E-state index in [1.165, 1.54) is 37.9 Å². The molecule has 0 atom stereocenters. The normalized spacial score (nSPS) is 15.6. The maximum absolute atomic E-state index is 6.26. The zero-order valence-electron chi connectivity index (χ0n) is 18.9. The average molecular weight is 447 g/mol. The van der Waals surface area contributed by atoms with Crippen molar-refractivity contribution in [3.05, 3.63) is 59.7 Å².